The predicted octanol–water partition coefficient (Wildman–Crippen LogP) is 3.00. The maximum absolute atomic E-state index is 12.8. The van der Waals surface area contributed by atoms with E-state index in [0.29, 0.717) is 0 Å². The van der Waals surface area contributed by atoms with E-state index in [9.17, 15) is 4.39 Å². The van der Waals surface area contributed by atoms with Crippen LogP contribution in [0.4, 0.5) is 4.39 Å². The van der Waals surface area contributed by atoms with Crippen molar-refractivity contribution in [2.45, 2.75) is 17.9 Å². The molecule has 1 aromatic carbocycles. The van der Waals surface area contributed by atoms with Crippen molar-refractivity contribution in [2.75, 3.05) is 12.3 Å². The number of rotatable bonds is 6. The zero-order valence-electron chi connectivity index (χ0n) is 11.1. The molecule has 1 atom stereocenters. The molecule has 19 heavy (non-hydrogen) atoms. The lowest BCUT2D eigenvalue weighted by molar-refractivity contribution is 0.555. The first kappa shape index (κ1) is 14.1. The van der Waals surface area contributed by atoms with Crippen LogP contribution in [-0.4, -0.2) is 21.8 Å². The standard InChI is InChI=1S/C14H18FN3S/c1-3-16-13(14-17-8-9-18(14)2)10-19-12-6-4-11(15)5-7-12/h4-9,13,16H,3,10H2,1-2H3. The highest BCUT2D eigenvalue weighted by atomic mass is 32.2. The van der Waals surface area contributed by atoms with Crippen LogP contribution in [0.1, 0.15) is 18.8 Å². The van der Waals surface area contributed by atoms with E-state index in [-0.39, 0.29) is 11.9 Å². The summed E-state index contributed by atoms with van der Waals surface area (Å²) in [6.07, 6.45) is 3.75. The number of thioether (sulfide) groups is 1. The van der Waals surface area contributed by atoms with Gasteiger partial charge in [-0.25, -0.2) is 9.37 Å². The molecule has 0 aliphatic heterocycles. The van der Waals surface area contributed by atoms with Crippen molar-refractivity contribution < 1.29 is 4.39 Å². The summed E-state index contributed by atoms with van der Waals surface area (Å²) in [6, 6.07) is 6.79. The Morgan fingerprint density at radius 3 is 2.68 bits per heavy atom. The molecule has 1 unspecified atom stereocenters. The third kappa shape index (κ3) is 3.81. The molecule has 2 rings (SSSR count). The molecule has 102 valence electrons. The largest absolute Gasteiger partial charge is 0.337 e. The Bertz CT molecular complexity index is 510. The molecular weight excluding hydrogens is 261 g/mol. The normalized spacial score (nSPS) is 12.6. The third-order valence-corrected chi connectivity index (χ3v) is 3.96. The van der Waals surface area contributed by atoms with Crippen molar-refractivity contribution in [3.63, 3.8) is 0 Å². The molecule has 0 aliphatic carbocycles. The van der Waals surface area contributed by atoms with E-state index in [1.54, 1.807) is 23.9 Å². The minimum absolute atomic E-state index is 0.194. The van der Waals surface area contributed by atoms with Gasteiger partial charge in [0.1, 0.15) is 11.6 Å². The lowest BCUT2D eigenvalue weighted by Crippen LogP contribution is -2.25. The fraction of sp³-hybridized carbons (Fsp3) is 0.357. The zero-order chi connectivity index (χ0) is 13.7. The molecule has 1 N–H and O–H groups in total. The van der Waals surface area contributed by atoms with Crippen molar-refractivity contribution in [3.8, 4) is 0 Å². The fourth-order valence-corrected chi connectivity index (χ4v) is 2.85. The van der Waals surface area contributed by atoms with Gasteiger partial charge in [0.15, 0.2) is 0 Å². The molecule has 0 radical (unpaired) electrons. The molecule has 0 saturated heterocycles. The average Bonchev–Trinajstić information content (AvgIpc) is 2.83. The number of imidazole rings is 1. The monoisotopic (exact) mass is 279 g/mol. The quantitative estimate of drug-likeness (QED) is 0.824. The molecule has 0 spiro atoms. The molecular formula is C14H18FN3S. The van der Waals surface area contributed by atoms with Crippen LogP contribution in [0, 0.1) is 5.82 Å². The number of halogens is 1. The molecule has 0 aliphatic rings. The minimum Gasteiger partial charge on any atom is -0.337 e. The average molecular weight is 279 g/mol. The topological polar surface area (TPSA) is 29.9 Å². The molecule has 3 nitrogen and oxygen atoms in total. The van der Waals surface area contributed by atoms with E-state index in [2.05, 4.69) is 17.2 Å². The Balaban J connectivity index is 2.01. The number of aryl methyl sites for hydroxylation is 1. The summed E-state index contributed by atoms with van der Waals surface area (Å²) in [5, 5.41) is 3.43. The van der Waals surface area contributed by atoms with Crippen molar-refractivity contribution in [2.24, 2.45) is 7.05 Å². The van der Waals surface area contributed by atoms with Crippen LogP contribution in [0.5, 0.6) is 0 Å². The first-order valence-electron chi connectivity index (χ1n) is 6.29. The Morgan fingerprint density at radius 1 is 1.37 bits per heavy atom. The number of hydrogen-bond acceptors (Lipinski definition) is 3. The van der Waals surface area contributed by atoms with Crippen molar-refractivity contribution >= 4 is 11.8 Å². The van der Waals surface area contributed by atoms with Crippen LogP contribution in [0.2, 0.25) is 0 Å². The lowest BCUT2D eigenvalue weighted by Gasteiger charge is -2.17. The molecule has 1 heterocycles. The van der Waals surface area contributed by atoms with Gasteiger partial charge in [-0.1, -0.05) is 6.92 Å². The first-order valence-corrected chi connectivity index (χ1v) is 7.28. The van der Waals surface area contributed by atoms with Gasteiger partial charge in [0.05, 0.1) is 6.04 Å². The maximum atomic E-state index is 12.8. The zero-order valence-corrected chi connectivity index (χ0v) is 12.0. The number of benzene rings is 1. The van der Waals surface area contributed by atoms with Gasteiger partial charge >= 0.3 is 0 Å². The maximum Gasteiger partial charge on any atom is 0.126 e. The van der Waals surface area contributed by atoms with Gasteiger partial charge in [0.2, 0.25) is 0 Å². The summed E-state index contributed by atoms with van der Waals surface area (Å²) in [5.74, 6) is 1.69. The van der Waals surface area contributed by atoms with Crippen LogP contribution >= 0.6 is 11.8 Å². The number of nitrogens with one attached hydrogen (secondary N) is 1. The summed E-state index contributed by atoms with van der Waals surface area (Å²) in [6.45, 7) is 2.97. The third-order valence-electron chi connectivity index (χ3n) is 2.85. The Morgan fingerprint density at radius 2 is 2.11 bits per heavy atom. The molecule has 5 heteroatoms. The summed E-state index contributed by atoms with van der Waals surface area (Å²) in [7, 11) is 2.00. The van der Waals surface area contributed by atoms with Crippen LogP contribution in [-0.2, 0) is 7.05 Å². The van der Waals surface area contributed by atoms with Crippen LogP contribution < -0.4 is 5.32 Å². The van der Waals surface area contributed by atoms with Crippen LogP contribution in [0.3, 0.4) is 0 Å². The van der Waals surface area contributed by atoms with Gasteiger partial charge in [-0.15, -0.1) is 11.8 Å². The van der Waals surface area contributed by atoms with E-state index >= 15 is 0 Å². The van der Waals surface area contributed by atoms with Gasteiger partial charge in [0, 0.05) is 30.1 Å². The van der Waals surface area contributed by atoms with E-state index in [1.807, 2.05) is 24.0 Å². The van der Waals surface area contributed by atoms with E-state index in [1.165, 1.54) is 12.1 Å². The highest BCUT2D eigenvalue weighted by Crippen LogP contribution is 2.24. The van der Waals surface area contributed by atoms with Crippen LogP contribution in [0.25, 0.3) is 0 Å². The molecule has 0 amide bonds. The van der Waals surface area contributed by atoms with E-state index in [0.717, 1.165) is 23.0 Å². The highest BCUT2D eigenvalue weighted by Gasteiger charge is 2.14. The van der Waals surface area contributed by atoms with Crippen LogP contribution in [0.15, 0.2) is 41.6 Å². The minimum atomic E-state index is -0.198. The second kappa shape index (κ2) is 6.73. The second-order valence-electron chi connectivity index (χ2n) is 4.27. The SMILES string of the molecule is CCNC(CSc1ccc(F)cc1)c1nccn1C. The number of nitrogens with zero attached hydrogens (tertiary/aromatic N) is 2. The summed E-state index contributed by atoms with van der Waals surface area (Å²) in [5.41, 5.74) is 0. The molecule has 1 aromatic heterocycles. The fourth-order valence-electron chi connectivity index (χ4n) is 1.89. The van der Waals surface area contributed by atoms with Gasteiger partial charge < -0.3 is 9.88 Å². The summed E-state index contributed by atoms with van der Waals surface area (Å²) >= 11 is 1.70. The Kier molecular flexibility index (Phi) is 4.99. The second-order valence-corrected chi connectivity index (χ2v) is 5.36. The molecule has 0 bridgehead atoms. The van der Waals surface area contributed by atoms with Gasteiger partial charge in [0.25, 0.3) is 0 Å². The predicted molar refractivity (Wildman–Crippen MR) is 76.7 cm³/mol. The Labute approximate surface area is 117 Å². The molecule has 2 aromatic rings. The Hall–Kier alpha value is -1.33. The van der Waals surface area contributed by atoms with E-state index in [4.69, 9.17) is 0 Å². The summed E-state index contributed by atoms with van der Waals surface area (Å²) in [4.78, 5) is 5.46. The highest BCUT2D eigenvalue weighted by molar-refractivity contribution is 7.99. The van der Waals surface area contributed by atoms with Gasteiger partial charge in [-0.3, -0.25) is 0 Å². The molecule has 0 fully saturated rings. The number of hydrogen-bond donors (Lipinski definition) is 1. The smallest absolute Gasteiger partial charge is 0.126 e. The van der Waals surface area contributed by atoms with Gasteiger partial charge in [-0.2, -0.15) is 0 Å². The van der Waals surface area contributed by atoms with E-state index < -0.39 is 0 Å². The lowest BCUT2D eigenvalue weighted by atomic mass is 10.3. The van der Waals surface area contributed by atoms with Crippen molar-refractivity contribution in [1.82, 2.24) is 14.9 Å². The number of aromatic nitrogens is 2. The van der Waals surface area contributed by atoms with Crippen molar-refractivity contribution in [1.29, 1.82) is 0 Å². The molecule has 0 saturated carbocycles. The van der Waals surface area contributed by atoms with Crippen molar-refractivity contribution in [3.05, 3.63) is 48.3 Å². The first-order chi connectivity index (χ1) is 9.20. The van der Waals surface area contributed by atoms with Gasteiger partial charge in [-0.05, 0) is 30.8 Å². The summed E-state index contributed by atoms with van der Waals surface area (Å²) < 4.78 is 14.9.